The second kappa shape index (κ2) is 4.81. The Balaban J connectivity index is 1.72. The number of hydrogen-bond acceptors (Lipinski definition) is 2. The molecule has 0 unspecified atom stereocenters. The van der Waals surface area contributed by atoms with Gasteiger partial charge < -0.3 is 4.74 Å². The van der Waals surface area contributed by atoms with Gasteiger partial charge in [0.2, 0.25) is 0 Å². The molecule has 0 bridgehead atoms. The predicted molar refractivity (Wildman–Crippen MR) is 71.8 cm³/mol. The first-order valence-corrected chi connectivity index (χ1v) is 6.48. The number of aryl methyl sites for hydroxylation is 3. The van der Waals surface area contributed by atoms with E-state index in [2.05, 4.69) is 36.2 Å². The summed E-state index contributed by atoms with van der Waals surface area (Å²) in [5, 5.41) is 0. The highest BCUT2D eigenvalue weighted by Crippen LogP contribution is 2.26. The van der Waals surface area contributed by atoms with E-state index in [1.807, 2.05) is 12.3 Å². The maximum Gasteiger partial charge on any atom is 0.130 e. The summed E-state index contributed by atoms with van der Waals surface area (Å²) in [5.74, 6) is 0.959. The molecule has 1 aromatic carbocycles. The first-order valence-electron chi connectivity index (χ1n) is 6.48. The van der Waals surface area contributed by atoms with E-state index in [-0.39, 0.29) is 0 Å². The molecular formula is C16H17NO. The van der Waals surface area contributed by atoms with E-state index in [0.29, 0.717) is 6.61 Å². The van der Waals surface area contributed by atoms with Crippen molar-refractivity contribution in [2.45, 2.75) is 32.8 Å². The van der Waals surface area contributed by atoms with Crippen LogP contribution >= 0.6 is 0 Å². The van der Waals surface area contributed by atoms with Crippen LogP contribution in [0.15, 0.2) is 36.5 Å². The molecule has 2 nitrogen and oxygen atoms in total. The number of ether oxygens (including phenoxy) is 1. The van der Waals surface area contributed by atoms with E-state index in [1.54, 1.807) is 0 Å². The van der Waals surface area contributed by atoms with Crippen LogP contribution in [0.25, 0.3) is 0 Å². The fourth-order valence-electron chi connectivity index (χ4n) is 2.46. The topological polar surface area (TPSA) is 22.1 Å². The molecule has 2 aromatic rings. The van der Waals surface area contributed by atoms with Crippen LogP contribution in [0.3, 0.4) is 0 Å². The van der Waals surface area contributed by atoms with Gasteiger partial charge in [0.1, 0.15) is 12.4 Å². The summed E-state index contributed by atoms with van der Waals surface area (Å²) in [7, 11) is 0. The van der Waals surface area contributed by atoms with Gasteiger partial charge in [0, 0.05) is 6.20 Å². The molecule has 0 saturated heterocycles. The molecule has 2 heteroatoms. The molecule has 0 radical (unpaired) electrons. The van der Waals surface area contributed by atoms with Crippen LogP contribution in [0, 0.1) is 6.92 Å². The lowest BCUT2D eigenvalue weighted by Gasteiger charge is -2.09. The molecule has 1 heterocycles. The molecule has 0 N–H and O–H groups in total. The number of fused-ring (bicyclic) bond motifs is 1. The lowest BCUT2D eigenvalue weighted by Crippen LogP contribution is -2.00. The fraction of sp³-hybridized carbons (Fsp3) is 0.312. The zero-order valence-corrected chi connectivity index (χ0v) is 10.6. The van der Waals surface area contributed by atoms with E-state index in [1.165, 1.54) is 36.0 Å². The van der Waals surface area contributed by atoms with Crippen LogP contribution in [0.5, 0.6) is 5.75 Å². The van der Waals surface area contributed by atoms with E-state index < -0.39 is 0 Å². The molecule has 0 spiro atoms. The summed E-state index contributed by atoms with van der Waals surface area (Å²) in [6.07, 6.45) is 5.50. The molecule has 0 saturated carbocycles. The van der Waals surface area contributed by atoms with Crippen molar-refractivity contribution in [1.82, 2.24) is 4.98 Å². The van der Waals surface area contributed by atoms with E-state index in [0.717, 1.165) is 11.4 Å². The van der Waals surface area contributed by atoms with Crippen LogP contribution in [-0.4, -0.2) is 4.98 Å². The number of hydrogen-bond donors (Lipinski definition) is 0. The van der Waals surface area contributed by atoms with Gasteiger partial charge in [-0.15, -0.1) is 0 Å². The highest BCUT2D eigenvalue weighted by Gasteiger charge is 2.11. The molecule has 0 atom stereocenters. The first-order chi connectivity index (χ1) is 8.83. The van der Waals surface area contributed by atoms with Crippen molar-refractivity contribution in [2.75, 3.05) is 0 Å². The largest absolute Gasteiger partial charge is 0.487 e. The first kappa shape index (κ1) is 11.3. The summed E-state index contributed by atoms with van der Waals surface area (Å²) < 4.78 is 5.84. The molecule has 1 aliphatic carbocycles. The minimum absolute atomic E-state index is 0.547. The fourth-order valence-corrected chi connectivity index (χ4v) is 2.46. The van der Waals surface area contributed by atoms with Crippen molar-refractivity contribution in [3.8, 4) is 5.75 Å². The van der Waals surface area contributed by atoms with Gasteiger partial charge in [-0.05, 0) is 61.1 Å². The number of rotatable bonds is 3. The van der Waals surface area contributed by atoms with Gasteiger partial charge >= 0.3 is 0 Å². The van der Waals surface area contributed by atoms with E-state index in [9.17, 15) is 0 Å². The van der Waals surface area contributed by atoms with Gasteiger partial charge in [-0.2, -0.15) is 0 Å². The summed E-state index contributed by atoms with van der Waals surface area (Å²) in [6.45, 7) is 2.61. The molecule has 1 aliphatic rings. The van der Waals surface area contributed by atoms with Crippen LogP contribution in [0.1, 0.15) is 28.8 Å². The average Bonchev–Trinajstić information content (AvgIpc) is 2.85. The summed E-state index contributed by atoms with van der Waals surface area (Å²) in [5.41, 5.74) is 5.12. The second-order valence-corrected chi connectivity index (χ2v) is 4.84. The van der Waals surface area contributed by atoms with Crippen LogP contribution in [-0.2, 0) is 19.4 Å². The van der Waals surface area contributed by atoms with Crippen LogP contribution < -0.4 is 4.74 Å². The number of pyridine rings is 1. The molecule has 92 valence electrons. The molecule has 18 heavy (non-hydrogen) atoms. The highest BCUT2D eigenvalue weighted by atomic mass is 16.5. The van der Waals surface area contributed by atoms with Gasteiger partial charge in [-0.1, -0.05) is 12.1 Å². The Labute approximate surface area is 108 Å². The zero-order chi connectivity index (χ0) is 12.4. The predicted octanol–water partition coefficient (Wildman–Crippen LogP) is 3.46. The third-order valence-electron chi connectivity index (χ3n) is 3.56. The molecule has 3 rings (SSSR count). The number of nitrogens with zero attached hydrogens (tertiary/aromatic N) is 1. The van der Waals surface area contributed by atoms with Gasteiger partial charge in [-0.3, -0.25) is 4.98 Å². The minimum Gasteiger partial charge on any atom is -0.487 e. The number of benzene rings is 1. The Morgan fingerprint density at radius 1 is 1.17 bits per heavy atom. The van der Waals surface area contributed by atoms with Crippen molar-refractivity contribution >= 4 is 0 Å². The Hall–Kier alpha value is -1.83. The summed E-state index contributed by atoms with van der Waals surface area (Å²) in [4.78, 5) is 4.34. The monoisotopic (exact) mass is 239 g/mol. The minimum atomic E-state index is 0.547. The molecule has 0 aliphatic heterocycles. The second-order valence-electron chi connectivity index (χ2n) is 4.84. The molecule has 0 fully saturated rings. The molecule has 1 aromatic heterocycles. The molecule has 0 amide bonds. The summed E-state index contributed by atoms with van der Waals surface area (Å²) in [6, 6.07) is 10.5. The maximum absolute atomic E-state index is 5.84. The highest BCUT2D eigenvalue weighted by molar-refractivity contribution is 5.38. The van der Waals surface area contributed by atoms with Crippen molar-refractivity contribution in [3.63, 3.8) is 0 Å². The van der Waals surface area contributed by atoms with Crippen molar-refractivity contribution in [1.29, 1.82) is 0 Å². The quantitative estimate of drug-likeness (QED) is 0.818. The lowest BCUT2D eigenvalue weighted by atomic mass is 10.1. The molecular weight excluding hydrogens is 222 g/mol. The zero-order valence-electron chi connectivity index (χ0n) is 10.6. The van der Waals surface area contributed by atoms with Crippen LogP contribution in [0.2, 0.25) is 0 Å². The Bertz CT molecular complexity index is 563. The van der Waals surface area contributed by atoms with Crippen molar-refractivity contribution in [3.05, 3.63) is 58.9 Å². The van der Waals surface area contributed by atoms with Gasteiger partial charge in [0.25, 0.3) is 0 Å². The van der Waals surface area contributed by atoms with Gasteiger partial charge in [0.05, 0.1) is 5.69 Å². The van der Waals surface area contributed by atoms with Crippen LogP contribution in [0.4, 0.5) is 0 Å². The third-order valence-corrected chi connectivity index (χ3v) is 3.56. The normalized spacial score (nSPS) is 13.4. The average molecular weight is 239 g/mol. The lowest BCUT2D eigenvalue weighted by molar-refractivity contribution is 0.300. The number of aromatic nitrogens is 1. The SMILES string of the molecule is Cc1cccnc1COc1ccc2c(c1)CCC2. The van der Waals surface area contributed by atoms with E-state index >= 15 is 0 Å². The smallest absolute Gasteiger partial charge is 0.130 e. The summed E-state index contributed by atoms with van der Waals surface area (Å²) >= 11 is 0. The van der Waals surface area contributed by atoms with Gasteiger partial charge in [-0.25, -0.2) is 0 Å². The van der Waals surface area contributed by atoms with Crippen molar-refractivity contribution in [2.24, 2.45) is 0 Å². The standard InChI is InChI=1S/C16H17NO/c1-12-4-3-9-17-16(12)11-18-15-8-7-13-5-2-6-14(13)10-15/h3-4,7-10H,2,5-6,11H2,1H3. The Kier molecular flexibility index (Phi) is 3.01. The Morgan fingerprint density at radius 3 is 2.94 bits per heavy atom. The third kappa shape index (κ3) is 2.23. The van der Waals surface area contributed by atoms with Gasteiger partial charge in [0.15, 0.2) is 0 Å². The Morgan fingerprint density at radius 2 is 2.06 bits per heavy atom. The van der Waals surface area contributed by atoms with E-state index in [4.69, 9.17) is 4.74 Å². The van der Waals surface area contributed by atoms with Crippen molar-refractivity contribution < 1.29 is 4.74 Å². The maximum atomic E-state index is 5.84.